The first-order valence-corrected chi connectivity index (χ1v) is 13.1. The molecule has 40 heavy (non-hydrogen) atoms. The molecule has 2 fully saturated rings. The van der Waals surface area contributed by atoms with Crippen LogP contribution in [-0.4, -0.2) is 82.6 Å². The molecule has 2 aliphatic rings. The minimum absolute atomic E-state index is 0.0356. The van der Waals surface area contributed by atoms with Crippen molar-refractivity contribution in [2.24, 2.45) is 7.05 Å². The first-order chi connectivity index (χ1) is 19.3. The van der Waals surface area contributed by atoms with E-state index >= 15 is 0 Å². The molecule has 0 spiro atoms. The minimum Gasteiger partial charge on any atom is -0.387 e. The van der Waals surface area contributed by atoms with Gasteiger partial charge in [-0.15, -0.1) is 0 Å². The number of ether oxygens (including phenoxy) is 1. The number of fused-ring (bicyclic) bond motifs is 1. The van der Waals surface area contributed by atoms with E-state index in [1.165, 1.54) is 10.9 Å². The van der Waals surface area contributed by atoms with Gasteiger partial charge in [0, 0.05) is 49.3 Å². The summed E-state index contributed by atoms with van der Waals surface area (Å²) in [6.45, 7) is 1.49. The number of hydrogen-bond acceptors (Lipinski definition) is 9. The molecule has 2 amide bonds. The second-order valence-corrected chi connectivity index (χ2v) is 10.1. The number of aryl methyl sites for hydroxylation is 1. The maximum absolute atomic E-state index is 13.1. The van der Waals surface area contributed by atoms with Gasteiger partial charge in [0.25, 0.3) is 11.8 Å². The van der Waals surface area contributed by atoms with E-state index in [0.717, 1.165) is 32.4 Å². The highest BCUT2D eigenvalue weighted by molar-refractivity contribution is 6.00. The summed E-state index contributed by atoms with van der Waals surface area (Å²) >= 11 is 0. The third-order valence-electron chi connectivity index (χ3n) is 7.44. The first-order valence-electron chi connectivity index (χ1n) is 13.1. The summed E-state index contributed by atoms with van der Waals surface area (Å²) in [6.07, 6.45) is 2.40. The van der Waals surface area contributed by atoms with E-state index in [0.29, 0.717) is 33.5 Å². The largest absolute Gasteiger partial charge is 0.387 e. The van der Waals surface area contributed by atoms with Crippen LogP contribution in [0, 0.1) is 0 Å². The SMILES string of the molecule is Cn1ccc(-c2cn([C@@H]3O[C@H](C(=O)Nc4ccc(C(=O)N5CCCCC5)cc4)[C@@H](O)[C@H]3O)c3ncnc(N)c23)n1. The summed E-state index contributed by atoms with van der Waals surface area (Å²) in [5.74, 6) is -0.458. The Morgan fingerprint density at radius 1 is 1.05 bits per heavy atom. The van der Waals surface area contributed by atoms with Gasteiger partial charge < -0.3 is 35.5 Å². The van der Waals surface area contributed by atoms with Crippen LogP contribution in [0.1, 0.15) is 35.8 Å². The number of nitrogens with two attached hydrogens (primary N) is 1. The standard InChI is InChI=1S/C27H30N8O5/c1-33-12-9-18(32-33)17-13-35(24-19(17)23(28)29-14-30-24)27-21(37)20(36)22(40-27)25(38)31-16-7-5-15(6-8-16)26(39)34-10-3-2-4-11-34/h5-9,12-14,20-22,27,36-37H,2-4,10-11H2,1H3,(H,31,38)(H2,28,29,30)/t20-,21+,22-,27+/m0/s1. The molecule has 0 unspecified atom stereocenters. The van der Waals surface area contributed by atoms with Gasteiger partial charge >= 0.3 is 0 Å². The third-order valence-corrected chi connectivity index (χ3v) is 7.44. The van der Waals surface area contributed by atoms with Crippen molar-refractivity contribution < 1.29 is 24.5 Å². The Labute approximate surface area is 229 Å². The van der Waals surface area contributed by atoms with Gasteiger partial charge in [0.1, 0.15) is 30.0 Å². The predicted octanol–water partition coefficient (Wildman–Crippen LogP) is 1.30. The molecule has 2 aliphatic heterocycles. The highest BCUT2D eigenvalue weighted by Crippen LogP contribution is 2.38. The maximum atomic E-state index is 13.1. The number of aliphatic hydroxyl groups is 2. The molecular weight excluding hydrogens is 516 g/mol. The summed E-state index contributed by atoms with van der Waals surface area (Å²) in [5, 5.41) is 29.3. The first kappa shape index (κ1) is 25.9. The van der Waals surface area contributed by atoms with Gasteiger partial charge in [-0.3, -0.25) is 14.3 Å². The molecule has 13 nitrogen and oxygen atoms in total. The van der Waals surface area contributed by atoms with Crippen LogP contribution in [0.2, 0.25) is 0 Å². The lowest BCUT2D eigenvalue weighted by Gasteiger charge is -2.26. The number of nitrogens with zero attached hydrogens (tertiary/aromatic N) is 6. The highest BCUT2D eigenvalue weighted by atomic mass is 16.6. The minimum atomic E-state index is -1.51. The second kappa shape index (κ2) is 10.3. The molecule has 208 valence electrons. The van der Waals surface area contributed by atoms with Crippen molar-refractivity contribution >= 4 is 34.4 Å². The van der Waals surface area contributed by atoms with E-state index in [1.54, 1.807) is 54.5 Å². The van der Waals surface area contributed by atoms with Crippen LogP contribution in [0.25, 0.3) is 22.3 Å². The normalized spacial score (nSPS) is 23.0. The summed E-state index contributed by atoms with van der Waals surface area (Å²) in [4.78, 5) is 36.1. The number of carbonyl (C=O) groups excluding carboxylic acids is 2. The number of piperidine rings is 1. The van der Waals surface area contributed by atoms with Crippen LogP contribution in [0.3, 0.4) is 0 Å². The molecule has 13 heteroatoms. The number of nitrogens with one attached hydrogen (secondary N) is 1. The zero-order valence-electron chi connectivity index (χ0n) is 21.8. The Bertz CT molecular complexity index is 1560. The molecule has 4 aromatic rings. The Balaban J connectivity index is 1.21. The maximum Gasteiger partial charge on any atom is 0.256 e. The van der Waals surface area contributed by atoms with Crippen LogP contribution in [-0.2, 0) is 16.6 Å². The van der Waals surface area contributed by atoms with Crippen molar-refractivity contribution in [2.75, 3.05) is 24.1 Å². The van der Waals surface area contributed by atoms with E-state index in [2.05, 4.69) is 20.4 Å². The summed E-state index contributed by atoms with van der Waals surface area (Å²) < 4.78 is 9.08. The van der Waals surface area contributed by atoms with Crippen LogP contribution in [0.15, 0.2) is 49.1 Å². The zero-order chi connectivity index (χ0) is 28.0. The van der Waals surface area contributed by atoms with E-state index in [-0.39, 0.29) is 11.7 Å². The molecular formula is C27H30N8O5. The molecule has 5 N–H and O–H groups in total. The molecule has 5 heterocycles. The van der Waals surface area contributed by atoms with Crippen molar-refractivity contribution in [1.29, 1.82) is 0 Å². The van der Waals surface area contributed by atoms with E-state index in [1.807, 2.05) is 4.90 Å². The number of aliphatic hydroxyl groups excluding tert-OH is 2. The highest BCUT2D eigenvalue weighted by Gasteiger charge is 2.48. The average Bonchev–Trinajstić information content (AvgIpc) is 3.65. The number of anilines is 2. The van der Waals surface area contributed by atoms with Crippen LogP contribution >= 0.6 is 0 Å². The van der Waals surface area contributed by atoms with E-state index in [4.69, 9.17) is 10.5 Å². The van der Waals surface area contributed by atoms with Crippen molar-refractivity contribution in [2.45, 2.75) is 43.8 Å². The Kier molecular flexibility index (Phi) is 6.70. The monoisotopic (exact) mass is 546 g/mol. The number of aromatic nitrogens is 5. The zero-order valence-corrected chi connectivity index (χ0v) is 21.8. The van der Waals surface area contributed by atoms with Gasteiger partial charge in [-0.1, -0.05) is 0 Å². The van der Waals surface area contributed by atoms with Crippen molar-refractivity contribution in [3.8, 4) is 11.3 Å². The number of nitrogen functional groups attached to an aromatic ring is 1. The third kappa shape index (κ3) is 4.57. The lowest BCUT2D eigenvalue weighted by atomic mass is 10.1. The molecule has 4 atom stereocenters. The van der Waals surface area contributed by atoms with Gasteiger partial charge in [0.05, 0.1) is 11.1 Å². The van der Waals surface area contributed by atoms with E-state index in [9.17, 15) is 19.8 Å². The predicted molar refractivity (Wildman–Crippen MR) is 145 cm³/mol. The Hall–Kier alpha value is -4.33. The fourth-order valence-electron chi connectivity index (χ4n) is 5.35. The van der Waals surface area contributed by atoms with Gasteiger partial charge in [-0.2, -0.15) is 5.10 Å². The number of amides is 2. The van der Waals surface area contributed by atoms with E-state index < -0.39 is 30.4 Å². The fraction of sp³-hybridized carbons (Fsp3) is 0.370. The number of benzene rings is 1. The molecule has 6 rings (SSSR count). The molecule has 0 radical (unpaired) electrons. The molecule has 0 saturated carbocycles. The number of rotatable bonds is 5. The Morgan fingerprint density at radius 2 is 1.80 bits per heavy atom. The quantitative estimate of drug-likeness (QED) is 0.288. The number of carbonyl (C=O) groups is 2. The van der Waals surface area contributed by atoms with Gasteiger partial charge in [0.15, 0.2) is 12.3 Å². The van der Waals surface area contributed by atoms with Gasteiger partial charge in [-0.25, -0.2) is 9.97 Å². The van der Waals surface area contributed by atoms with Gasteiger partial charge in [0.2, 0.25) is 0 Å². The van der Waals surface area contributed by atoms with Crippen molar-refractivity contribution in [1.82, 2.24) is 29.2 Å². The smallest absolute Gasteiger partial charge is 0.256 e. The lowest BCUT2D eigenvalue weighted by molar-refractivity contribution is -0.132. The second-order valence-electron chi connectivity index (χ2n) is 10.1. The number of hydrogen-bond donors (Lipinski definition) is 4. The molecule has 1 aromatic carbocycles. The fourth-order valence-corrected chi connectivity index (χ4v) is 5.35. The lowest BCUT2D eigenvalue weighted by Crippen LogP contribution is -2.39. The summed E-state index contributed by atoms with van der Waals surface area (Å²) in [7, 11) is 1.78. The van der Waals surface area contributed by atoms with Crippen LogP contribution in [0.4, 0.5) is 11.5 Å². The number of likely N-dealkylation sites (tertiary alicyclic amines) is 1. The average molecular weight is 547 g/mol. The summed E-state index contributed by atoms with van der Waals surface area (Å²) in [6, 6.07) is 8.37. The summed E-state index contributed by atoms with van der Waals surface area (Å²) in [5.41, 5.74) is 8.72. The van der Waals surface area contributed by atoms with Gasteiger partial charge in [-0.05, 0) is 49.6 Å². The topological polar surface area (TPSA) is 174 Å². The molecule has 2 saturated heterocycles. The molecule has 3 aromatic heterocycles. The van der Waals surface area contributed by atoms with Crippen LogP contribution < -0.4 is 11.1 Å². The van der Waals surface area contributed by atoms with Crippen molar-refractivity contribution in [3.05, 3.63) is 54.6 Å². The Morgan fingerprint density at radius 3 is 2.50 bits per heavy atom. The van der Waals surface area contributed by atoms with Crippen LogP contribution in [0.5, 0.6) is 0 Å². The molecule has 0 bridgehead atoms. The molecule has 0 aliphatic carbocycles. The van der Waals surface area contributed by atoms with Crippen molar-refractivity contribution in [3.63, 3.8) is 0 Å².